The first-order chi connectivity index (χ1) is 13.6. The monoisotopic (exact) mass is 421 g/mol. The van der Waals surface area contributed by atoms with E-state index in [1.165, 1.54) is 23.7 Å². The summed E-state index contributed by atoms with van der Waals surface area (Å²) in [5, 5.41) is 8.91. The molecule has 2 fully saturated rings. The number of sulfone groups is 1. The second-order valence-corrected chi connectivity index (χ2v) is 10.0. The Bertz CT molecular complexity index is 962. The average molecular weight is 421 g/mol. The third-order valence-corrected chi connectivity index (χ3v) is 7.43. The Morgan fingerprint density at radius 3 is 2.69 bits per heavy atom. The molecule has 1 aliphatic heterocycles. The summed E-state index contributed by atoms with van der Waals surface area (Å²) in [6.07, 6.45) is 4.08. The van der Waals surface area contributed by atoms with Crippen LogP contribution in [0.5, 0.6) is 0 Å². The number of nitrogens with zero attached hydrogens (tertiary/aromatic N) is 2. The molecule has 9 nitrogen and oxygen atoms in total. The van der Waals surface area contributed by atoms with Crippen molar-refractivity contribution in [1.82, 2.24) is 10.5 Å². The van der Waals surface area contributed by atoms with Crippen molar-refractivity contribution in [1.29, 1.82) is 0 Å². The molecule has 29 heavy (non-hydrogen) atoms. The SMILES string of the molecule is CC(CC1CN(c2ccc(C#CC3CCC3)cn2)C(=O)O1)(C(=O)NO)S(C)(=O)=O. The smallest absolute Gasteiger partial charge is 0.415 e. The van der Waals surface area contributed by atoms with Gasteiger partial charge in [-0.3, -0.25) is 14.9 Å². The minimum Gasteiger partial charge on any atom is -0.444 e. The molecular weight excluding hydrogens is 398 g/mol. The molecule has 156 valence electrons. The largest absolute Gasteiger partial charge is 0.444 e. The normalized spacial score (nSPS) is 21.4. The summed E-state index contributed by atoms with van der Waals surface area (Å²) < 4.78 is 27.5. The van der Waals surface area contributed by atoms with Crippen LogP contribution in [0.4, 0.5) is 10.6 Å². The fraction of sp³-hybridized carbons (Fsp3) is 0.526. The second kappa shape index (κ2) is 8.00. The van der Waals surface area contributed by atoms with E-state index >= 15 is 0 Å². The van der Waals surface area contributed by atoms with Gasteiger partial charge < -0.3 is 4.74 Å². The van der Waals surface area contributed by atoms with E-state index in [9.17, 15) is 18.0 Å². The van der Waals surface area contributed by atoms with Gasteiger partial charge in [-0.25, -0.2) is 23.7 Å². The maximum Gasteiger partial charge on any atom is 0.415 e. The fourth-order valence-electron chi connectivity index (χ4n) is 3.14. The van der Waals surface area contributed by atoms with E-state index in [-0.39, 0.29) is 13.0 Å². The van der Waals surface area contributed by atoms with Crippen LogP contribution in [0.1, 0.15) is 38.2 Å². The lowest BCUT2D eigenvalue weighted by Gasteiger charge is -2.26. The first kappa shape index (κ1) is 21.1. The van der Waals surface area contributed by atoms with E-state index in [1.807, 2.05) is 0 Å². The number of carbonyl (C=O) groups is 2. The number of rotatable bonds is 5. The molecule has 2 unspecified atom stereocenters. The molecular formula is C19H23N3O6S. The number of nitrogens with one attached hydrogen (secondary N) is 1. The third-order valence-electron chi connectivity index (χ3n) is 5.44. The predicted molar refractivity (Wildman–Crippen MR) is 104 cm³/mol. The molecule has 2 heterocycles. The zero-order chi connectivity index (χ0) is 21.2. The number of hydroxylamine groups is 1. The van der Waals surface area contributed by atoms with Crippen LogP contribution in [0.15, 0.2) is 18.3 Å². The summed E-state index contributed by atoms with van der Waals surface area (Å²) >= 11 is 0. The lowest BCUT2D eigenvalue weighted by molar-refractivity contribution is -0.132. The molecule has 1 aliphatic carbocycles. The van der Waals surface area contributed by atoms with Gasteiger partial charge in [-0.2, -0.15) is 0 Å². The molecule has 0 bridgehead atoms. The minimum absolute atomic E-state index is 0.0305. The molecule has 0 aromatic carbocycles. The molecule has 0 spiro atoms. The van der Waals surface area contributed by atoms with Gasteiger partial charge in [-0.05, 0) is 31.9 Å². The summed E-state index contributed by atoms with van der Waals surface area (Å²) in [6, 6.07) is 3.40. The first-order valence-electron chi connectivity index (χ1n) is 9.24. The van der Waals surface area contributed by atoms with Crippen molar-refractivity contribution in [2.24, 2.45) is 5.92 Å². The van der Waals surface area contributed by atoms with Gasteiger partial charge in [0.2, 0.25) is 0 Å². The predicted octanol–water partition coefficient (Wildman–Crippen LogP) is 1.26. The molecule has 2 amide bonds. The molecule has 1 aromatic heterocycles. The zero-order valence-electron chi connectivity index (χ0n) is 16.2. The number of carbonyl (C=O) groups excluding carboxylic acids is 2. The van der Waals surface area contributed by atoms with E-state index in [2.05, 4.69) is 16.8 Å². The lowest BCUT2D eigenvalue weighted by Crippen LogP contribution is -2.51. The van der Waals surface area contributed by atoms with Crippen LogP contribution in [0.25, 0.3) is 0 Å². The van der Waals surface area contributed by atoms with Gasteiger partial charge in [0.1, 0.15) is 11.9 Å². The molecule has 1 saturated carbocycles. The third kappa shape index (κ3) is 4.36. The van der Waals surface area contributed by atoms with Gasteiger partial charge in [0.25, 0.3) is 5.91 Å². The van der Waals surface area contributed by atoms with Crippen LogP contribution in [0.2, 0.25) is 0 Å². The number of aromatic nitrogens is 1. The Morgan fingerprint density at radius 2 is 2.17 bits per heavy atom. The first-order valence-corrected chi connectivity index (χ1v) is 11.1. The zero-order valence-corrected chi connectivity index (χ0v) is 17.0. The topological polar surface area (TPSA) is 126 Å². The average Bonchev–Trinajstić information content (AvgIpc) is 2.99. The highest BCUT2D eigenvalue weighted by molar-refractivity contribution is 7.92. The molecule has 2 N–H and O–H groups in total. The summed E-state index contributed by atoms with van der Waals surface area (Å²) in [7, 11) is -3.89. The standard InChI is InChI=1S/C19H23N3O6S/c1-19(17(23)21-25,29(2,26)27)10-15-12-22(18(24)28-15)16-9-8-14(11-20-16)7-6-13-4-3-5-13/h8-9,11,13,15,25H,3-5,10,12H2,1-2H3,(H,21,23). The van der Waals surface area contributed by atoms with Gasteiger partial charge >= 0.3 is 6.09 Å². The van der Waals surface area contributed by atoms with Crippen molar-refractivity contribution in [3.8, 4) is 11.8 Å². The highest BCUT2D eigenvalue weighted by Crippen LogP contribution is 2.29. The van der Waals surface area contributed by atoms with Gasteiger partial charge in [-0.1, -0.05) is 18.3 Å². The number of hydrogen-bond acceptors (Lipinski definition) is 7. The Balaban J connectivity index is 1.71. The van der Waals surface area contributed by atoms with E-state index in [4.69, 9.17) is 9.94 Å². The lowest BCUT2D eigenvalue weighted by atomic mass is 9.86. The fourth-order valence-corrected chi connectivity index (χ4v) is 4.01. The second-order valence-electron chi connectivity index (χ2n) is 7.57. The van der Waals surface area contributed by atoms with Gasteiger partial charge in [-0.15, -0.1) is 0 Å². The van der Waals surface area contributed by atoms with Gasteiger partial charge in [0.15, 0.2) is 14.6 Å². The number of hydrogen-bond donors (Lipinski definition) is 2. The van der Waals surface area contributed by atoms with Crippen molar-refractivity contribution in [2.75, 3.05) is 17.7 Å². The summed E-state index contributed by atoms with van der Waals surface area (Å²) in [6.45, 7) is 1.21. The molecule has 1 aromatic rings. The Hall–Kier alpha value is -2.64. The highest BCUT2D eigenvalue weighted by atomic mass is 32.2. The molecule has 1 saturated heterocycles. The quantitative estimate of drug-likeness (QED) is 0.416. The minimum atomic E-state index is -3.89. The van der Waals surface area contributed by atoms with Crippen LogP contribution < -0.4 is 10.4 Å². The van der Waals surface area contributed by atoms with Gasteiger partial charge in [0.05, 0.1) is 6.54 Å². The number of anilines is 1. The van der Waals surface area contributed by atoms with Crippen LogP contribution >= 0.6 is 0 Å². The van der Waals surface area contributed by atoms with E-state index in [0.717, 1.165) is 24.7 Å². The summed E-state index contributed by atoms with van der Waals surface area (Å²) in [5.74, 6) is 5.97. The summed E-state index contributed by atoms with van der Waals surface area (Å²) in [5.41, 5.74) is 2.12. The van der Waals surface area contributed by atoms with Crippen molar-refractivity contribution < 1.29 is 28.0 Å². The van der Waals surface area contributed by atoms with Gasteiger partial charge in [0, 0.05) is 30.4 Å². The van der Waals surface area contributed by atoms with E-state index in [0.29, 0.717) is 11.7 Å². The van der Waals surface area contributed by atoms with Crippen molar-refractivity contribution in [3.63, 3.8) is 0 Å². The van der Waals surface area contributed by atoms with E-state index in [1.54, 1.807) is 18.3 Å². The van der Waals surface area contributed by atoms with Crippen LogP contribution in [0.3, 0.4) is 0 Å². The molecule has 10 heteroatoms. The van der Waals surface area contributed by atoms with Crippen LogP contribution in [-0.4, -0.2) is 54.3 Å². The number of pyridine rings is 1. The molecule has 2 aliphatic rings. The Morgan fingerprint density at radius 1 is 1.45 bits per heavy atom. The van der Waals surface area contributed by atoms with Crippen LogP contribution in [-0.2, 0) is 19.4 Å². The van der Waals surface area contributed by atoms with Crippen molar-refractivity contribution >= 4 is 27.7 Å². The summed E-state index contributed by atoms with van der Waals surface area (Å²) in [4.78, 5) is 29.7. The Kier molecular flexibility index (Phi) is 5.82. The van der Waals surface area contributed by atoms with Crippen molar-refractivity contribution in [2.45, 2.75) is 43.5 Å². The van der Waals surface area contributed by atoms with Crippen molar-refractivity contribution in [3.05, 3.63) is 23.9 Å². The van der Waals surface area contributed by atoms with E-state index < -0.39 is 32.7 Å². The number of amides is 2. The molecule has 0 radical (unpaired) electrons. The van der Waals surface area contributed by atoms with Crippen LogP contribution in [0, 0.1) is 17.8 Å². The molecule has 3 rings (SSSR count). The highest BCUT2D eigenvalue weighted by Gasteiger charge is 2.48. The number of ether oxygens (including phenoxy) is 1. The Labute approximate surface area is 169 Å². The maximum absolute atomic E-state index is 12.2. The maximum atomic E-state index is 12.2. The number of cyclic esters (lactones) is 1. The molecule has 2 atom stereocenters.